The van der Waals surface area contributed by atoms with Gasteiger partial charge in [0.1, 0.15) is 11.9 Å². The van der Waals surface area contributed by atoms with E-state index in [4.69, 9.17) is 0 Å². The number of nitriles is 1. The Morgan fingerprint density at radius 1 is 1.06 bits per heavy atom. The van der Waals surface area contributed by atoms with Gasteiger partial charge in [-0.3, -0.25) is 9.36 Å². The number of benzene rings is 3. The Balaban J connectivity index is 1.62. The number of aromatic nitrogens is 3. The molecule has 164 valence electrons. The Bertz CT molecular complexity index is 1320. The first-order chi connectivity index (χ1) is 16.1. The fraction of sp³-hybridized carbons (Fsp3) is 0.120. The molecule has 1 unspecified atom stereocenters. The highest BCUT2D eigenvalue weighted by molar-refractivity contribution is 8.00. The monoisotopic (exact) mass is 457 g/mol. The van der Waals surface area contributed by atoms with Crippen LogP contribution in [-0.4, -0.2) is 25.9 Å². The van der Waals surface area contributed by atoms with Gasteiger partial charge in [0.05, 0.1) is 28.6 Å². The van der Waals surface area contributed by atoms with E-state index in [9.17, 15) is 14.4 Å². The molecule has 0 fully saturated rings. The van der Waals surface area contributed by atoms with E-state index in [-0.39, 0.29) is 5.91 Å². The van der Waals surface area contributed by atoms with Gasteiger partial charge in [-0.1, -0.05) is 66.4 Å². The van der Waals surface area contributed by atoms with Crippen LogP contribution in [0.3, 0.4) is 0 Å². The van der Waals surface area contributed by atoms with Crippen molar-refractivity contribution in [2.24, 2.45) is 0 Å². The number of hydrogen-bond acceptors (Lipinski definition) is 5. The van der Waals surface area contributed by atoms with Crippen LogP contribution < -0.4 is 5.32 Å². The number of para-hydroxylation sites is 1. The molecule has 4 rings (SSSR count). The molecule has 0 saturated heterocycles. The zero-order chi connectivity index (χ0) is 23.2. The molecule has 1 N–H and O–H groups in total. The van der Waals surface area contributed by atoms with Crippen molar-refractivity contribution in [1.29, 1.82) is 5.26 Å². The summed E-state index contributed by atoms with van der Waals surface area (Å²) < 4.78 is 16.3. The van der Waals surface area contributed by atoms with Crippen LogP contribution in [0.25, 0.3) is 11.4 Å². The van der Waals surface area contributed by atoms with Gasteiger partial charge in [-0.05, 0) is 36.8 Å². The lowest BCUT2D eigenvalue weighted by atomic mass is 10.2. The van der Waals surface area contributed by atoms with Gasteiger partial charge in [-0.25, -0.2) is 4.39 Å². The molecule has 0 aliphatic carbocycles. The first kappa shape index (κ1) is 22.2. The number of amides is 1. The standard InChI is InChI=1S/C25H20FN5OS/c1-17(24(32)28-22-14-8-5-11-19(22)15-27)33-25-30-29-23(20-12-6-7-13-21(20)26)31(25)16-18-9-3-2-4-10-18/h2-14,17H,16H2,1H3,(H,28,32). The molecule has 0 aliphatic heterocycles. The molecular formula is C25H20FN5OS. The average molecular weight is 458 g/mol. The second kappa shape index (κ2) is 10.1. The number of halogens is 1. The molecular weight excluding hydrogens is 437 g/mol. The summed E-state index contributed by atoms with van der Waals surface area (Å²) in [5.41, 5.74) is 2.18. The van der Waals surface area contributed by atoms with Gasteiger partial charge in [-0.15, -0.1) is 10.2 Å². The molecule has 0 radical (unpaired) electrons. The van der Waals surface area contributed by atoms with E-state index in [0.29, 0.717) is 34.3 Å². The largest absolute Gasteiger partial charge is 0.324 e. The smallest absolute Gasteiger partial charge is 0.237 e. The van der Waals surface area contributed by atoms with Crippen LogP contribution in [0.1, 0.15) is 18.1 Å². The second-order valence-corrected chi connectivity index (χ2v) is 8.57. The Kier molecular flexibility index (Phi) is 6.81. The molecule has 8 heteroatoms. The Labute approximate surface area is 195 Å². The number of nitrogens with zero attached hydrogens (tertiary/aromatic N) is 4. The molecule has 6 nitrogen and oxygen atoms in total. The zero-order valence-corrected chi connectivity index (χ0v) is 18.6. The number of carbonyl (C=O) groups excluding carboxylic acids is 1. The molecule has 0 bridgehead atoms. The summed E-state index contributed by atoms with van der Waals surface area (Å²) in [7, 11) is 0. The number of rotatable bonds is 7. The van der Waals surface area contributed by atoms with Crippen molar-refractivity contribution in [1.82, 2.24) is 14.8 Å². The SMILES string of the molecule is CC(Sc1nnc(-c2ccccc2F)n1Cc1ccccc1)C(=O)Nc1ccccc1C#N. The number of hydrogen-bond donors (Lipinski definition) is 1. The fourth-order valence-corrected chi connectivity index (χ4v) is 4.11. The predicted octanol–water partition coefficient (Wildman–Crippen LogP) is 5.12. The van der Waals surface area contributed by atoms with Crippen LogP contribution in [-0.2, 0) is 11.3 Å². The van der Waals surface area contributed by atoms with Gasteiger partial charge in [-0.2, -0.15) is 5.26 Å². The summed E-state index contributed by atoms with van der Waals surface area (Å²) in [6.45, 7) is 2.17. The van der Waals surface area contributed by atoms with E-state index in [1.807, 2.05) is 34.9 Å². The van der Waals surface area contributed by atoms with Crippen molar-refractivity contribution in [3.8, 4) is 17.5 Å². The molecule has 1 heterocycles. The van der Waals surface area contributed by atoms with Crippen molar-refractivity contribution in [3.05, 3.63) is 95.8 Å². The van der Waals surface area contributed by atoms with Crippen molar-refractivity contribution in [3.63, 3.8) is 0 Å². The minimum absolute atomic E-state index is 0.274. The van der Waals surface area contributed by atoms with E-state index < -0.39 is 11.1 Å². The molecule has 0 aliphatic rings. The first-order valence-corrected chi connectivity index (χ1v) is 11.1. The van der Waals surface area contributed by atoms with Crippen LogP contribution in [0, 0.1) is 17.1 Å². The van der Waals surface area contributed by atoms with Crippen molar-refractivity contribution in [2.45, 2.75) is 23.9 Å². The Morgan fingerprint density at radius 2 is 1.76 bits per heavy atom. The summed E-state index contributed by atoms with van der Waals surface area (Å²) in [5, 5.41) is 20.5. The molecule has 4 aromatic rings. The number of thioether (sulfide) groups is 1. The maximum Gasteiger partial charge on any atom is 0.237 e. The van der Waals surface area contributed by atoms with E-state index in [0.717, 1.165) is 5.56 Å². The lowest BCUT2D eigenvalue weighted by molar-refractivity contribution is -0.115. The highest BCUT2D eigenvalue weighted by Crippen LogP contribution is 2.29. The minimum Gasteiger partial charge on any atom is -0.324 e. The van der Waals surface area contributed by atoms with Crippen LogP contribution in [0.2, 0.25) is 0 Å². The summed E-state index contributed by atoms with van der Waals surface area (Å²) in [4.78, 5) is 12.8. The van der Waals surface area contributed by atoms with Crippen LogP contribution in [0.5, 0.6) is 0 Å². The molecule has 33 heavy (non-hydrogen) atoms. The highest BCUT2D eigenvalue weighted by atomic mass is 32.2. The molecule has 1 aromatic heterocycles. The van der Waals surface area contributed by atoms with E-state index in [1.54, 1.807) is 49.4 Å². The number of anilines is 1. The highest BCUT2D eigenvalue weighted by Gasteiger charge is 2.23. The number of carbonyl (C=O) groups is 1. The lowest BCUT2D eigenvalue weighted by Gasteiger charge is -2.14. The van der Waals surface area contributed by atoms with Crippen LogP contribution in [0.15, 0.2) is 84.0 Å². The summed E-state index contributed by atoms with van der Waals surface area (Å²) in [5.74, 6) is -0.277. The third kappa shape index (κ3) is 5.10. The fourth-order valence-electron chi connectivity index (χ4n) is 3.26. The maximum atomic E-state index is 14.5. The van der Waals surface area contributed by atoms with E-state index >= 15 is 0 Å². The van der Waals surface area contributed by atoms with Gasteiger partial charge in [0, 0.05) is 0 Å². The Morgan fingerprint density at radius 3 is 2.52 bits per heavy atom. The molecule has 1 atom stereocenters. The third-order valence-corrected chi connectivity index (χ3v) is 6.05. The summed E-state index contributed by atoms with van der Waals surface area (Å²) >= 11 is 1.22. The van der Waals surface area contributed by atoms with Crippen LogP contribution >= 0.6 is 11.8 Å². The van der Waals surface area contributed by atoms with Gasteiger partial charge in [0.15, 0.2) is 11.0 Å². The first-order valence-electron chi connectivity index (χ1n) is 10.3. The normalized spacial score (nSPS) is 11.5. The summed E-state index contributed by atoms with van der Waals surface area (Å²) in [6, 6.07) is 25.0. The second-order valence-electron chi connectivity index (χ2n) is 7.26. The minimum atomic E-state index is -0.538. The molecule has 0 saturated carbocycles. The zero-order valence-electron chi connectivity index (χ0n) is 17.8. The topological polar surface area (TPSA) is 83.6 Å². The van der Waals surface area contributed by atoms with Crippen LogP contribution in [0.4, 0.5) is 10.1 Å². The summed E-state index contributed by atoms with van der Waals surface area (Å²) in [6.07, 6.45) is 0. The van der Waals surface area contributed by atoms with E-state index in [2.05, 4.69) is 21.6 Å². The Hall–Kier alpha value is -3.96. The molecule has 3 aromatic carbocycles. The van der Waals surface area contributed by atoms with Crippen molar-refractivity contribution in [2.75, 3.05) is 5.32 Å². The maximum absolute atomic E-state index is 14.5. The predicted molar refractivity (Wildman–Crippen MR) is 126 cm³/mol. The van der Waals surface area contributed by atoms with E-state index in [1.165, 1.54) is 17.8 Å². The number of nitrogens with one attached hydrogen (secondary N) is 1. The molecule has 1 amide bonds. The lowest BCUT2D eigenvalue weighted by Crippen LogP contribution is -2.23. The van der Waals surface area contributed by atoms with Gasteiger partial charge in [0.2, 0.25) is 5.91 Å². The van der Waals surface area contributed by atoms with Gasteiger partial charge >= 0.3 is 0 Å². The average Bonchev–Trinajstić information content (AvgIpc) is 3.22. The van der Waals surface area contributed by atoms with Gasteiger partial charge < -0.3 is 5.32 Å². The van der Waals surface area contributed by atoms with Crippen molar-refractivity contribution >= 4 is 23.4 Å². The molecule has 0 spiro atoms. The quantitative estimate of drug-likeness (QED) is 0.389. The third-order valence-electron chi connectivity index (χ3n) is 4.97. The van der Waals surface area contributed by atoms with Gasteiger partial charge in [0.25, 0.3) is 0 Å². The van der Waals surface area contributed by atoms with Crippen molar-refractivity contribution < 1.29 is 9.18 Å².